The molecule has 0 radical (unpaired) electrons. The van der Waals surface area contributed by atoms with Crippen molar-refractivity contribution in [1.82, 2.24) is 4.98 Å². The number of pyridine rings is 1. The van der Waals surface area contributed by atoms with E-state index in [2.05, 4.69) is 26.2 Å². The van der Waals surface area contributed by atoms with Crippen LogP contribution in [0.3, 0.4) is 0 Å². The number of benzene rings is 1. The van der Waals surface area contributed by atoms with E-state index < -0.39 is 0 Å². The summed E-state index contributed by atoms with van der Waals surface area (Å²) in [6.45, 7) is 1.88. The Kier molecular flexibility index (Phi) is 3.62. The topological polar surface area (TPSA) is 62.2 Å². The highest BCUT2D eigenvalue weighted by Crippen LogP contribution is 2.24. The average molecular weight is 307 g/mol. The van der Waals surface area contributed by atoms with Gasteiger partial charge in [0, 0.05) is 10.7 Å². The molecule has 18 heavy (non-hydrogen) atoms. The molecule has 0 atom stereocenters. The first-order valence-corrected chi connectivity index (χ1v) is 6.08. The maximum atomic E-state index is 11.9. The van der Waals surface area contributed by atoms with E-state index in [1.165, 1.54) is 6.20 Å². The number of hydrogen-bond donors (Lipinski definition) is 2. The smallest absolute Gasteiger partial charge is 0.274 e. The number of anilines is 1. The fourth-order valence-corrected chi connectivity index (χ4v) is 1.80. The minimum atomic E-state index is -0.364. The van der Waals surface area contributed by atoms with Crippen molar-refractivity contribution in [2.24, 2.45) is 0 Å². The van der Waals surface area contributed by atoms with Gasteiger partial charge in [-0.1, -0.05) is 22.0 Å². The highest BCUT2D eigenvalue weighted by atomic mass is 79.9. The Hall–Kier alpha value is -1.88. The number of aromatic nitrogens is 1. The van der Waals surface area contributed by atoms with Gasteiger partial charge in [-0.05, 0) is 36.8 Å². The summed E-state index contributed by atoms with van der Waals surface area (Å²) >= 11 is 3.27. The number of amides is 1. The van der Waals surface area contributed by atoms with E-state index in [0.29, 0.717) is 5.69 Å². The first-order chi connectivity index (χ1) is 8.56. The molecular weight excluding hydrogens is 296 g/mol. The molecule has 0 unspecified atom stereocenters. The van der Waals surface area contributed by atoms with Crippen LogP contribution in [0.2, 0.25) is 0 Å². The van der Waals surface area contributed by atoms with Crippen molar-refractivity contribution < 1.29 is 9.90 Å². The lowest BCUT2D eigenvalue weighted by molar-refractivity contribution is 0.102. The van der Waals surface area contributed by atoms with Crippen molar-refractivity contribution in [3.8, 4) is 5.75 Å². The molecule has 4 nitrogen and oxygen atoms in total. The Morgan fingerprint density at radius 3 is 2.83 bits per heavy atom. The van der Waals surface area contributed by atoms with Crippen LogP contribution in [-0.4, -0.2) is 16.0 Å². The molecule has 0 bridgehead atoms. The van der Waals surface area contributed by atoms with Gasteiger partial charge in [0.2, 0.25) is 0 Å². The first-order valence-electron chi connectivity index (χ1n) is 5.29. The number of carbonyl (C=O) groups is 1. The molecule has 0 spiro atoms. The summed E-state index contributed by atoms with van der Waals surface area (Å²) in [5, 5.41) is 12.3. The summed E-state index contributed by atoms with van der Waals surface area (Å²) in [7, 11) is 0. The van der Waals surface area contributed by atoms with Crippen LogP contribution in [0.4, 0.5) is 5.69 Å². The van der Waals surface area contributed by atoms with Crippen molar-refractivity contribution in [2.75, 3.05) is 5.32 Å². The molecule has 0 fully saturated rings. The van der Waals surface area contributed by atoms with Gasteiger partial charge in [0.1, 0.15) is 11.4 Å². The average Bonchev–Trinajstić information content (AvgIpc) is 2.34. The number of halogens is 1. The molecule has 2 rings (SSSR count). The summed E-state index contributed by atoms with van der Waals surface area (Å²) in [6, 6.07) is 8.36. The number of nitrogens with one attached hydrogen (secondary N) is 1. The molecule has 0 aliphatic carbocycles. The van der Waals surface area contributed by atoms with Gasteiger partial charge in [-0.2, -0.15) is 0 Å². The largest absolute Gasteiger partial charge is 0.506 e. The third kappa shape index (κ3) is 2.87. The van der Waals surface area contributed by atoms with Crippen molar-refractivity contribution in [2.45, 2.75) is 6.92 Å². The minimum Gasteiger partial charge on any atom is -0.506 e. The van der Waals surface area contributed by atoms with E-state index in [1.54, 1.807) is 30.3 Å². The van der Waals surface area contributed by atoms with Crippen LogP contribution in [0.5, 0.6) is 5.75 Å². The van der Waals surface area contributed by atoms with Crippen LogP contribution < -0.4 is 5.32 Å². The summed E-state index contributed by atoms with van der Waals surface area (Å²) in [4.78, 5) is 15.9. The molecule has 2 N–H and O–H groups in total. The lowest BCUT2D eigenvalue weighted by Gasteiger charge is -2.07. The predicted molar refractivity (Wildman–Crippen MR) is 72.7 cm³/mol. The third-order valence-electron chi connectivity index (χ3n) is 2.35. The fraction of sp³-hybridized carbons (Fsp3) is 0.0769. The van der Waals surface area contributed by atoms with Crippen molar-refractivity contribution >= 4 is 27.5 Å². The highest BCUT2D eigenvalue weighted by molar-refractivity contribution is 9.10. The predicted octanol–water partition coefficient (Wildman–Crippen LogP) is 3.11. The molecule has 0 aliphatic heterocycles. The summed E-state index contributed by atoms with van der Waals surface area (Å²) in [5.41, 5.74) is 1.61. The normalized spacial score (nSPS) is 10.1. The van der Waals surface area contributed by atoms with E-state index in [9.17, 15) is 9.90 Å². The number of hydrogen-bond acceptors (Lipinski definition) is 3. The summed E-state index contributed by atoms with van der Waals surface area (Å²) in [5.74, 6) is -0.332. The molecule has 1 aromatic heterocycles. The fourth-order valence-electron chi connectivity index (χ4n) is 1.47. The number of rotatable bonds is 2. The van der Waals surface area contributed by atoms with Crippen LogP contribution in [0, 0.1) is 6.92 Å². The Morgan fingerprint density at radius 2 is 2.11 bits per heavy atom. The molecule has 0 saturated carbocycles. The molecule has 1 aromatic carbocycles. The number of aromatic hydroxyl groups is 1. The van der Waals surface area contributed by atoms with Crippen molar-refractivity contribution in [3.05, 3.63) is 52.3 Å². The highest BCUT2D eigenvalue weighted by Gasteiger charge is 2.10. The molecule has 5 heteroatoms. The summed E-state index contributed by atoms with van der Waals surface area (Å²) in [6.07, 6.45) is 1.54. The van der Waals surface area contributed by atoms with E-state index in [0.717, 1.165) is 10.0 Å². The molecule has 2 aromatic rings. The standard InChI is InChI=1S/C13H11BrN2O2/c1-8-2-3-12(17)10(6-8)16-13(18)11-7-9(14)4-5-15-11/h2-7,17H,1H3,(H,16,18). The Balaban J connectivity index is 2.24. The first kappa shape index (κ1) is 12.6. The Morgan fingerprint density at radius 1 is 1.33 bits per heavy atom. The quantitative estimate of drug-likeness (QED) is 0.838. The maximum Gasteiger partial charge on any atom is 0.274 e. The van der Waals surface area contributed by atoms with Gasteiger partial charge >= 0.3 is 0 Å². The molecule has 0 saturated heterocycles. The van der Waals surface area contributed by atoms with Gasteiger partial charge in [-0.15, -0.1) is 0 Å². The Bertz CT molecular complexity index is 599. The van der Waals surface area contributed by atoms with E-state index >= 15 is 0 Å². The molecule has 0 aliphatic rings. The monoisotopic (exact) mass is 306 g/mol. The Labute approximate surface area is 113 Å². The van der Waals surface area contributed by atoms with Gasteiger partial charge < -0.3 is 10.4 Å². The van der Waals surface area contributed by atoms with Gasteiger partial charge in [-0.25, -0.2) is 0 Å². The SMILES string of the molecule is Cc1ccc(O)c(NC(=O)c2cc(Br)ccn2)c1. The van der Waals surface area contributed by atoms with Crippen molar-refractivity contribution in [1.29, 1.82) is 0 Å². The molecular formula is C13H11BrN2O2. The van der Waals surface area contributed by atoms with E-state index in [1.807, 2.05) is 6.92 Å². The lowest BCUT2D eigenvalue weighted by Crippen LogP contribution is -2.13. The zero-order valence-electron chi connectivity index (χ0n) is 9.64. The summed E-state index contributed by atoms with van der Waals surface area (Å²) < 4.78 is 0.774. The second-order valence-corrected chi connectivity index (χ2v) is 4.75. The lowest BCUT2D eigenvalue weighted by atomic mass is 10.2. The minimum absolute atomic E-state index is 0.0314. The second kappa shape index (κ2) is 5.18. The van der Waals surface area contributed by atoms with Gasteiger partial charge in [0.15, 0.2) is 0 Å². The second-order valence-electron chi connectivity index (χ2n) is 3.83. The number of phenolic OH excluding ortho intramolecular Hbond substituents is 1. The number of phenols is 1. The van der Waals surface area contributed by atoms with Gasteiger partial charge in [-0.3, -0.25) is 9.78 Å². The number of nitrogens with zero attached hydrogens (tertiary/aromatic N) is 1. The van der Waals surface area contributed by atoms with Crippen LogP contribution in [0.25, 0.3) is 0 Å². The number of aryl methyl sites for hydroxylation is 1. The maximum absolute atomic E-state index is 11.9. The number of carbonyl (C=O) groups excluding carboxylic acids is 1. The zero-order valence-corrected chi connectivity index (χ0v) is 11.2. The van der Waals surface area contributed by atoms with Gasteiger partial charge in [0.05, 0.1) is 5.69 Å². The van der Waals surface area contributed by atoms with Crippen LogP contribution in [0.1, 0.15) is 16.1 Å². The molecule has 1 amide bonds. The van der Waals surface area contributed by atoms with E-state index in [-0.39, 0.29) is 17.4 Å². The zero-order chi connectivity index (χ0) is 13.1. The van der Waals surface area contributed by atoms with Crippen LogP contribution in [0.15, 0.2) is 41.0 Å². The molecule has 92 valence electrons. The molecule has 1 heterocycles. The third-order valence-corrected chi connectivity index (χ3v) is 2.85. The van der Waals surface area contributed by atoms with Crippen LogP contribution >= 0.6 is 15.9 Å². The van der Waals surface area contributed by atoms with Gasteiger partial charge in [0.25, 0.3) is 5.91 Å². The van der Waals surface area contributed by atoms with Crippen LogP contribution in [-0.2, 0) is 0 Å². The van der Waals surface area contributed by atoms with E-state index in [4.69, 9.17) is 0 Å². The van der Waals surface area contributed by atoms with Crippen molar-refractivity contribution in [3.63, 3.8) is 0 Å².